The van der Waals surface area contributed by atoms with Crippen molar-refractivity contribution in [2.75, 3.05) is 19.8 Å². The van der Waals surface area contributed by atoms with Crippen LogP contribution < -0.4 is 0 Å². The van der Waals surface area contributed by atoms with Gasteiger partial charge in [0.15, 0.2) is 12.4 Å². The summed E-state index contributed by atoms with van der Waals surface area (Å²) in [7, 11) is -5.37. The van der Waals surface area contributed by atoms with Crippen LogP contribution in [0.2, 0.25) is 0 Å². The summed E-state index contributed by atoms with van der Waals surface area (Å²) < 4.78 is 41.1. The molecule has 11 nitrogen and oxygen atoms in total. The second kappa shape index (κ2) is 6.78. The molecule has 0 bridgehead atoms. The lowest BCUT2D eigenvalue weighted by atomic mass is 9.98. The Balaban J connectivity index is 3.03. The van der Waals surface area contributed by atoms with Crippen molar-refractivity contribution in [2.24, 2.45) is 0 Å². The largest absolute Gasteiger partial charge is 0.394 e. The molecule has 12 heteroatoms. The zero-order chi connectivity index (χ0) is 16.4. The van der Waals surface area contributed by atoms with Crippen molar-refractivity contribution in [3.05, 3.63) is 0 Å². The summed E-state index contributed by atoms with van der Waals surface area (Å²) in [5.41, 5.74) is 0. The van der Waals surface area contributed by atoms with Crippen molar-refractivity contribution in [1.29, 1.82) is 0 Å². The molecule has 21 heavy (non-hydrogen) atoms. The van der Waals surface area contributed by atoms with Gasteiger partial charge in [0, 0.05) is 0 Å². The van der Waals surface area contributed by atoms with Crippen LogP contribution in [0.5, 0.6) is 0 Å². The molecular formula is C9H18O11S. The molecule has 1 heterocycles. The Morgan fingerprint density at radius 3 is 2.24 bits per heavy atom. The smallest absolute Gasteiger partial charge is 0.300 e. The lowest BCUT2D eigenvalue weighted by Crippen LogP contribution is -2.70. The van der Waals surface area contributed by atoms with Crippen LogP contribution >= 0.6 is 0 Å². The van der Waals surface area contributed by atoms with Crippen molar-refractivity contribution in [1.82, 2.24) is 0 Å². The Hall–Kier alpha value is -0.410. The van der Waals surface area contributed by atoms with E-state index in [0.29, 0.717) is 0 Å². The minimum atomic E-state index is -5.37. The molecule has 1 fully saturated rings. The highest BCUT2D eigenvalue weighted by Gasteiger charge is 2.63. The topological polar surface area (TPSA) is 194 Å². The number of rotatable bonds is 6. The predicted molar refractivity (Wildman–Crippen MR) is 63.3 cm³/mol. The summed E-state index contributed by atoms with van der Waals surface area (Å²) >= 11 is 0. The molecule has 0 aliphatic carbocycles. The summed E-state index contributed by atoms with van der Waals surface area (Å²) in [6.07, 6.45) is -9.74. The molecule has 1 aliphatic heterocycles. The first-order chi connectivity index (χ1) is 9.59. The van der Waals surface area contributed by atoms with Crippen molar-refractivity contribution >= 4 is 10.1 Å². The molecule has 6 atom stereocenters. The molecule has 1 saturated heterocycles. The van der Waals surface area contributed by atoms with Crippen molar-refractivity contribution in [3.8, 4) is 0 Å². The highest BCUT2D eigenvalue weighted by molar-refractivity contribution is 7.87. The fourth-order valence-electron chi connectivity index (χ4n) is 1.79. The molecule has 2 unspecified atom stereocenters. The van der Waals surface area contributed by atoms with Gasteiger partial charge in [-0.3, -0.25) is 4.55 Å². The maximum atomic E-state index is 11.2. The lowest BCUT2D eigenvalue weighted by molar-refractivity contribution is -0.316. The molecule has 1 rings (SSSR count). The Kier molecular flexibility index (Phi) is 6.02. The highest BCUT2D eigenvalue weighted by atomic mass is 32.2. The van der Waals surface area contributed by atoms with E-state index in [9.17, 15) is 23.7 Å². The summed E-state index contributed by atoms with van der Waals surface area (Å²) in [5, 5.41) is 56.0. The molecule has 0 aromatic carbocycles. The van der Waals surface area contributed by atoms with E-state index in [1.165, 1.54) is 0 Å². The van der Waals surface area contributed by atoms with Gasteiger partial charge in [0.2, 0.25) is 0 Å². The Morgan fingerprint density at radius 2 is 1.81 bits per heavy atom. The van der Waals surface area contributed by atoms with Crippen LogP contribution in [-0.4, -0.2) is 99.1 Å². The van der Waals surface area contributed by atoms with Gasteiger partial charge in [-0.1, -0.05) is 0 Å². The van der Waals surface area contributed by atoms with E-state index in [4.69, 9.17) is 29.3 Å². The zero-order valence-electron chi connectivity index (χ0n) is 10.7. The molecular weight excluding hydrogens is 316 g/mol. The molecule has 0 amide bonds. The molecule has 0 aromatic rings. The van der Waals surface area contributed by atoms with Crippen LogP contribution in [0, 0.1) is 0 Å². The van der Waals surface area contributed by atoms with E-state index in [1.54, 1.807) is 0 Å². The van der Waals surface area contributed by atoms with E-state index in [2.05, 4.69) is 0 Å². The van der Waals surface area contributed by atoms with Gasteiger partial charge in [-0.2, -0.15) is 8.42 Å². The third kappa shape index (κ3) is 3.50. The normalized spacial score (nSPS) is 39.2. The van der Waals surface area contributed by atoms with Crippen LogP contribution in [-0.2, 0) is 19.6 Å². The van der Waals surface area contributed by atoms with Gasteiger partial charge in [-0.05, 0) is 0 Å². The van der Waals surface area contributed by atoms with E-state index in [1.807, 2.05) is 0 Å². The second-order valence-corrected chi connectivity index (χ2v) is 6.12. The summed E-state index contributed by atoms with van der Waals surface area (Å²) in [4.78, 5) is -3.45. The number of hydrogen-bond donors (Lipinski definition) is 7. The third-order valence-electron chi connectivity index (χ3n) is 3.02. The lowest BCUT2D eigenvalue weighted by Gasteiger charge is -2.45. The first kappa shape index (κ1) is 18.6. The Morgan fingerprint density at radius 1 is 1.24 bits per heavy atom. The van der Waals surface area contributed by atoms with Gasteiger partial charge in [0.05, 0.1) is 19.8 Å². The van der Waals surface area contributed by atoms with Crippen molar-refractivity contribution in [2.45, 2.75) is 35.6 Å². The molecule has 1 aliphatic rings. The first-order valence-corrected chi connectivity index (χ1v) is 7.26. The van der Waals surface area contributed by atoms with Crippen LogP contribution in [0.1, 0.15) is 0 Å². The van der Waals surface area contributed by atoms with Gasteiger partial charge in [0.1, 0.15) is 18.3 Å². The minimum Gasteiger partial charge on any atom is -0.394 e. The van der Waals surface area contributed by atoms with Crippen molar-refractivity contribution < 1.29 is 53.1 Å². The highest BCUT2D eigenvalue weighted by Crippen LogP contribution is 2.34. The van der Waals surface area contributed by atoms with Crippen LogP contribution in [0.15, 0.2) is 0 Å². The summed E-state index contributed by atoms with van der Waals surface area (Å²) in [6.45, 7) is -2.25. The maximum absolute atomic E-state index is 11.2. The standard InChI is InChI=1S/C9H18O11S/c10-1-4(12)3-19-8-7(14)9(15,21(16,17)18)6(13)5(2-11)20-8/h4-8,10-15H,1-3H2,(H,16,17,18)/t4?,5-,6+,7+,8?,9-/m1/s1. The molecule has 0 spiro atoms. The van der Waals surface area contributed by atoms with E-state index in [0.717, 1.165) is 0 Å². The van der Waals surface area contributed by atoms with Gasteiger partial charge in [-0.25, -0.2) is 0 Å². The van der Waals surface area contributed by atoms with Gasteiger partial charge in [-0.15, -0.1) is 0 Å². The van der Waals surface area contributed by atoms with Crippen molar-refractivity contribution in [3.63, 3.8) is 0 Å². The number of aliphatic hydroxyl groups is 6. The second-order valence-electron chi connectivity index (χ2n) is 4.51. The maximum Gasteiger partial charge on any atom is 0.300 e. The van der Waals surface area contributed by atoms with Gasteiger partial charge < -0.3 is 40.1 Å². The SMILES string of the molecule is O=S(=O)(O)[C@@]1(O)[C@@H](O)C(OCC(O)CO)O[C@H](CO)[C@@H]1O. The molecule has 0 aromatic heterocycles. The van der Waals surface area contributed by atoms with Gasteiger partial charge >= 0.3 is 10.1 Å². The average molecular weight is 334 g/mol. The zero-order valence-corrected chi connectivity index (χ0v) is 11.5. The molecule has 126 valence electrons. The van der Waals surface area contributed by atoms with E-state index in [-0.39, 0.29) is 0 Å². The predicted octanol–water partition coefficient (Wildman–Crippen LogP) is -4.63. The van der Waals surface area contributed by atoms with E-state index >= 15 is 0 Å². The van der Waals surface area contributed by atoms with E-state index < -0.39 is 65.6 Å². The third-order valence-corrected chi connectivity index (χ3v) is 4.33. The van der Waals surface area contributed by atoms with Crippen LogP contribution in [0.25, 0.3) is 0 Å². The van der Waals surface area contributed by atoms with Gasteiger partial charge in [0.25, 0.3) is 4.93 Å². The molecule has 7 N–H and O–H groups in total. The van der Waals surface area contributed by atoms with Crippen LogP contribution in [0.3, 0.4) is 0 Å². The summed E-state index contributed by atoms with van der Waals surface area (Å²) in [5.74, 6) is 0. The number of hydrogen-bond acceptors (Lipinski definition) is 10. The fraction of sp³-hybridized carbons (Fsp3) is 1.00. The Bertz CT molecular complexity index is 439. The van der Waals surface area contributed by atoms with Crippen LogP contribution in [0.4, 0.5) is 0 Å². The first-order valence-electron chi connectivity index (χ1n) is 5.82. The molecule has 0 saturated carbocycles. The minimum absolute atomic E-state index is 0.603. The quantitative estimate of drug-likeness (QED) is 0.231. The fourth-order valence-corrected chi connectivity index (χ4v) is 2.67. The monoisotopic (exact) mass is 334 g/mol. The Labute approximate surface area is 119 Å². The average Bonchev–Trinajstić information content (AvgIpc) is 2.42. The molecule has 0 radical (unpaired) electrons. The number of aliphatic hydroxyl groups excluding tert-OH is 5. The summed E-state index contributed by atoms with van der Waals surface area (Å²) in [6, 6.07) is 0. The number of ether oxygens (including phenoxy) is 2.